The second kappa shape index (κ2) is 10.9. The summed E-state index contributed by atoms with van der Waals surface area (Å²) in [5.74, 6) is 1.26. The van der Waals surface area contributed by atoms with Gasteiger partial charge in [-0.15, -0.1) is 0 Å². The van der Waals surface area contributed by atoms with Crippen LogP contribution in [0.4, 0.5) is 0 Å². The molecule has 4 rings (SSSR count). The van der Waals surface area contributed by atoms with Crippen LogP contribution in [0.1, 0.15) is 51.4 Å². The van der Waals surface area contributed by atoms with Gasteiger partial charge in [0.25, 0.3) is 0 Å². The molecule has 1 aromatic carbocycles. The number of benzene rings is 1. The Hall–Kier alpha value is -1.84. The minimum Gasteiger partial charge on any atom is -0.486 e. The largest absolute Gasteiger partial charge is 0.486 e. The first-order valence-corrected chi connectivity index (χ1v) is 13.4. The maximum atomic E-state index is 12.5. The Morgan fingerprint density at radius 2 is 1.69 bits per heavy atom. The van der Waals surface area contributed by atoms with Gasteiger partial charge in [0.05, 0.1) is 4.90 Å². The lowest BCUT2D eigenvalue weighted by molar-refractivity contribution is -0.133. The fourth-order valence-electron chi connectivity index (χ4n) is 4.82. The average molecular weight is 466 g/mol. The van der Waals surface area contributed by atoms with E-state index in [1.165, 1.54) is 37.8 Å². The van der Waals surface area contributed by atoms with Gasteiger partial charge in [-0.1, -0.05) is 19.3 Å². The fourth-order valence-corrected chi connectivity index (χ4v) is 5.91. The van der Waals surface area contributed by atoms with Gasteiger partial charge in [-0.2, -0.15) is 0 Å². The minimum atomic E-state index is -3.59. The van der Waals surface area contributed by atoms with E-state index in [1.54, 1.807) is 6.07 Å². The van der Waals surface area contributed by atoms with Crippen molar-refractivity contribution in [3.05, 3.63) is 18.2 Å². The second-order valence-corrected chi connectivity index (χ2v) is 10.6. The van der Waals surface area contributed by atoms with E-state index in [9.17, 15) is 13.2 Å². The zero-order chi connectivity index (χ0) is 22.4. The lowest BCUT2D eigenvalue weighted by atomic mass is 10.1. The van der Waals surface area contributed by atoms with Crippen LogP contribution in [-0.2, 0) is 14.8 Å². The Morgan fingerprint density at radius 3 is 2.44 bits per heavy atom. The van der Waals surface area contributed by atoms with E-state index in [2.05, 4.69) is 9.62 Å². The third-order valence-electron chi connectivity index (χ3n) is 6.69. The van der Waals surface area contributed by atoms with Crippen molar-refractivity contribution in [3.63, 3.8) is 0 Å². The van der Waals surface area contributed by atoms with Gasteiger partial charge in [-0.05, 0) is 37.8 Å². The summed E-state index contributed by atoms with van der Waals surface area (Å²) in [7, 11) is -3.59. The maximum absolute atomic E-state index is 12.5. The number of amides is 1. The number of ether oxygens (including phenoxy) is 2. The van der Waals surface area contributed by atoms with E-state index in [-0.39, 0.29) is 10.8 Å². The van der Waals surface area contributed by atoms with E-state index in [0.717, 1.165) is 45.1 Å². The molecule has 1 N–H and O–H groups in total. The smallest absolute Gasteiger partial charge is 0.240 e. The number of nitrogens with one attached hydrogen (secondary N) is 1. The number of rotatable bonds is 9. The summed E-state index contributed by atoms with van der Waals surface area (Å²) in [5, 5.41) is 0. The number of hydrogen-bond donors (Lipinski definition) is 1. The highest BCUT2D eigenvalue weighted by Gasteiger charge is 2.27. The molecule has 0 aromatic heterocycles. The standard InChI is InChI=1S/C23H35N3O5S/c27-23(26-14-12-25(13-15-26)19-6-3-4-7-19)8-2-1-5-11-24-32(28,29)20-9-10-21-22(18-20)31-17-16-30-21/h9-10,18-19,24H,1-8,11-17H2. The van der Waals surface area contributed by atoms with Crippen LogP contribution in [0.3, 0.4) is 0 Å². The van der Waals surface area contributed by atoms with Gasteiger partial charge < -0.3 is 14.4 Å². The van der Waals surface area contributed by atoms with Crippen molar-refractivity contribution in [1.82, 2.24) is 14.5 Å². The monoisotopic (exact) mass is 465 g/mol. The highest BCUT2D eigenvalue weighted by molar-refractivity contribution is 7.89. The molecule has 2 aliphatic heterocycles. The van der Waals surface area contributed by atoms with Crippen molar-refractivity contribution < 1.29 is 22.7 Å². The molecule has 0 bridgehead atoms. The quantitative estimate of drug-likeness (QED) is 0.564. The first kappa shape index (κ1) is 23.3. The van der Waals surface area contributed by atoms with Gasteiger partial charge >= 0.3 is 0 Å². The Kier molecular flexibility index (Phi) is 7.91. The van der Waals surface area contributed by atoms with Crippen molar-refractivity contribution in [2.45, 2.75) is 62.3 Å². The highest BCUT2D eigenvalue weighted by Crippen LogP contribution is 2.32. The molecule has 178 valence electrons. The average Bonchev–Trinajstić information content (AvgIpc) is 3.36. The molecule has 3 aliphatic rings. The van der Waals surface area contributed by atoms with Crippen LogP contribution < -0.4 is 14.2 Å². The number of hydrogen-bond acceptors (Lipinski definition) is 6. The molecule has 32 heavy (non-hydrogen) atoms. The molecule has 0 unspecified atom stereocenters. The van der Waals surface area contributed by atoms with Gasteiger partial charge in [0.1, 0.15) is 13.2 Å². The molecular formula is C23H35N3O5S. The summed E-state index contributed by atoms with van der Waals surface area (Å²) in [6.45, 7) is 4.91. The van der Waals surface area contributed by atoms with E-state index in [1.807, 2.05) is 4.90 Å². The summed E-state index contributed by atoms with van der Waals surface area (Å²) < 4.78 is 38.6. The third kappa shape index (κ3) is 5.94. The maximum Gasteiger partial charge on any atom is 0.240 e. The molecular weight excluding hydrogens is 430 g/mol. The number of sulfonamides is 1. The van der Waals surface area contributed by atoms with Gasteiger partial charge in [-0.3, -0.25) is 9.69 Å². The molecule has 9 heteroatoms. The van der Waals surface area contributed by atoms with Gasteiger partial charge in [0.15, 0.2) is 11.5 Å². The Labute approximate surface area is 191 Å². The van der Waals surface area contributed by atoms with Crippen LogP contribution >= 0.6 is 0 Å². The normalized spacial score (nSPS) is 19.9. The predicted octanol–water partition coefficient (Wildman–Crippen LogP) is 2.38. The van der Waals surface area contributed by atoms with Crippen LogP contribution in [0.2, 0.25) is 0 Å². The molecule has 1 saturated heterocycles. The molecule has 0 atom stereocenters. The zero-order valence-electron chi connectivity index (χ0n) is 18.8. The summed E-state index contributed by atoms with van der Waals surface area (Å²) in [6.07, 6.45) is 8.15. The lowest BCUT2D eigenvalue weighted by Gasteiger charge is -2.38. The molecule has 0 radical (unpaired) electrons. The van der Waals surface area contributed by atoms with Crippen LogP contribution in [0.25, 0.3) is 0 Å². The minimum absolute atomic E-state index is 0.175. The fraction of sp³-hybridized carbons (Fsp3) is 0.696. The van der Waals surface area contributed by atoms with Crippen LogP contribution in [0.15, 0.2) is 23.1 Å². The van der Waals surface area contributed by atoms with E-state index in [4.69, 9.17) is 9.47 Å². The van der Waals surface area contributed by atoms with Crippen LogP contribution in [-0.4, -0.2) is 76.1 Å². The van der Waals surface area contributed by atoms with Gasteiger partial charge in [0.2, 0.25) is 15.9 Å². The molecule has 1 aromatic rings. The number of carbonyl (C=O) groups excluding carboxylic acids is 1. The Balaban J connectivity index is 1.11. The molecule has 2 heterocycles. The summed E-state index contributed by atoms with van der Waals surface area (Å²) >= 11 is 0. The number of fused-ring (bicyclic) bond motifs is 1. The van der Waals surface area contributed by atoms with Crippen molar-refractivity contribution in [2.24, 2.45) is 0 Å². The Morgan fingerprint density at radius 1 is 0.969 bits per heavy atom. The van der Waals surface area contributed by atoms with E-state index in [0.29, 0.717) is 44.1 Å². The number of nitrogens with zero attached hydrogens (tertiary/aromatic N) is 2. The Bertz CT molecular complexity index is 878. The van der Waals surface area contributed by atoms with Crippen molar-refractivity contribution in [3.8, 4) is 11.5 Å². The summed E-state index contributed by atoms with van der Waals surface area (Å²) in [6, 6.07) is 5.39. The summed E-state index contributed by atoms with van der Waals surface area (Å²) in [4.78, 5) is 17.2. The van der Waals surface area contributed by atoms with Gasteiger partial charge in [0, 0.05) is 51.3 Å². The summed E-state index contributed by atoms with van der Waals surface area (Å²) in [5.41, 5.74) is 0. The van der Waals surface area contributed by atoms with E-state index >= 15 is 0 Å². The third-order valence-corrected chi connectivity index (χ3v) is 8.15. The van der Waals surface area contributed by atoms with E-state index < -0.39 is 10.0 Å². The second-order valence-electron chi connectivity index (χ2n) is 8.87. The molecule has 1 aliphatic carbocycles. The molecule has 1 amide bonds. The number of unbranched alkanes of at least 4 members (excludes halogenated alkanes) is 2. The van der Waals surface area contributed by atoms with Crippen molar-refractivity contribution in [1.29, 1.82) is 0 Å². The number of piperazine rings is 1. The molecule has 0 spiro atoms. The molecule has 1 saturated carbocycles. The lowest BCUT2D eigenvalue weighted by Crippen LogP contribution is -2.51. The van der Waals surface area contributed by atoms with Crippen molar-refractivity contribution in [2.75, 3.05) is 45.9 Å². The van der Waals surface area contributed by atoms with Crippen LogP contribution in [0.5, 0.6) is 11.5 Å². The first-order chi connectivity index (χ1) is 15.5. The van der Waals surface area contributed by atoms with Gasteiger partial charge in [-0.25, -0.2) is 13.1 Å². The van der Waals surface area contributed by atoms with Crippen LogP contribution in [0, 0.1) is 0 Å². The zero-order valence-corrected chi connectivity index (χ0v) is 19.6. The SMILES string of the molecule is O=C(CCCCCNS(=O)(=O)c1ccc2c(c1)OCCO2)N1CCN(C2CCCC2)CC1. The van der Waals surface area contributed by atoms with Crippen molar-refractivity contribution >= 4 is 15.9 Å². The highest BCUT2D eigenvalue weighted by atomic mass is 32.2. The molecule has 8 nitrogen and oxygen atoms in total. The molecule has 2 fully saturated rings. The first-order valence-electron chi connectivity index (χ1n) is 11.9. The predicted molar refractivity (Wildman–Crippen MR) is 121 cm³/mol. The topological polar surface area (TPSA) is 88.2 Å². The number of carbonyl (C=O) groups is 1.